The van der Waals surface area contributed by atoms with E-state index in [-0.39, 0.29) is 24.0 Å². The number of piperazine rings is 1. The lowest BCUT2D eigenvalue weighted by Crippen LogP contribution is -2.49. The van der Waals surface area contributed by atoms with Gasteiger partial charge in [0.2, 0.25) is 0 Å². The highest BCUT2D eigenvalue weighted by molar-refractivity contribution is 5.95. The van der Waals surface area contributed by atoms with E-state index >= 15 is 0 Å². The maximum atomic E-state index is 12.9. The zero-order valence-electron chi connectivity index (χ0n) is 16.0. The maximum absolute atomic E-state index is 12.9. The summed E-state index contributed by atoms with van der Waals surface area (Å²) in [7, 11) is 0. The van der Waals surface area contributed by atoms with E-state index in [1.165, 1.54) is 29.4 Å². The zero-order valence-corrected chi connectivity index (χ0v) is 16.0. The molecule has 5 nitrogen and oxygen atoms in total. The van der Waals surface area contributed by atoms with Crippen LogP contribution in [0.25, 0.3) is 0 Å². The molecular weight excluding hydrogens is 366 g/mol. The van der Waals surface area contributed by atoms with Crippen LogP contribution in [0.2, 0.25) is 0 Å². The molecule has 1 heterocycles. The molecule has 1 amide bonds. The Balaban J connectivity index is 1.69. The fraction of sp³-hybridized carbons (Fsp3) is 0.381. The van der Waals surface area contributed by atoms with Crippen LogP contribution in [-0.4, -0.2) is 50.2 Å². The predicted molar refractivity (Wildman–Crippen MR) is 104 cm³/mol. The fourth-order valence-corrected chi connectivity index (χ4v) is 3.35. The first-order valence-corrected chi connectivity index (χ1v) is 9.31. The molecule has 0 aliphatic carbocycles. The van der Waals surface area contributed by atoms with E-state index in [0.717, 1.165) is 13.1 Å². The van der Waals surface area contributed by atoms with Gasteiger partial charge in [-0.2, -0.15) is 8.78 Å². The van der Waals surface area contributed by atoms with Crippen molar-refractivity contribution in [3.63, 3.8) is 0 Å². The topological polar surface area (TPSA) is 42.0 Å². The van der Waals surface area contributed by atoms with E-state index in [4.69, 9.17) is 4.74 Å². The highest BCUT2D eigenvalue weighted by Gasteiger charge is 2.24. The number of para-hydroxylation sites is 1. The lowest BCUT2D eigenvalue weighted by molar-refractivity contribution is -0.0514. The number of nitrogens with zero attached hydrogens (tertiary/aromatic N) is 2. The van der Waals surface area contributed by atoms with Gasteiger partial charge in [-0.25, -0.2) is 0 Å². The van der Waals surface area contributed by atoms with Crippen LogP contribution in [-0.2, 0) is 0 Å². The molecule has 0 radical (unpaired) electrons. The van der Waals surface area contributed by atoms with Crippen molar-refractivity contribution in [2.75, 3.05) is 37.7 Å². The highest BCUT2D eigenvalue weighted by atomic mass is 19.3. The number of benzene rings is 2. The van der Waals surface area contributed by atoms with E-state index < -0.39 is 6.61 Å². The molecule has 0 atom stereocenters. The molecule has 3 rings (SSSR count). The van der Waals surface area contributed by atoms with Gasteiger partial charge in [-0.3, -0.25) is 4.79 Å². The predicted octanol–water partition coefficient (Wildman–Crippen LogP) is 3.96. The molecule has 150 valence electrons. The van der Waals surface area contributed by atoms with Crippen molar-refractivity contribution in [2.45, 2.75) is 20.5 Å². The third-order valence-electron chi connectivity index (χ3n) is 4.73. The minimum atomic E-state index is -2.95. The average Bonchev–Trinajstić information content (AvgIpc) is 2.69. The Labute approximate surface area is 163 Å². The van der Waals surface area contributed by atoms with Crippen LogP contribution in [0.1, 0.15) is 22.8 Å². The van der Waals surface area contributed by atoms with Crippen LogP contribution in [0.4, 0.5) is 14.5 Å². The van der Waals surface area contributed by atoms with Crippen LogP contribution < -0.4 is 14.4 Å². The van der Waals surface area contributed by atoms with Gasteiger partial charge in [0.15, 0.2) is 11.5 Å². The van der Waals surface area contributed by atoms with E-state index in [1.54, 1.807) is 11.8 Å². The summed E-state index contributed by atoms with van der Waals surface area (Å²) in [4.78, 5) is 16.9. The summed E-state index contributed by atoms with van der Waals surface area (Å²) < 4.78 is 34.9. The van der Waals surface area contributed by atoms with Gasteiger partial charge in [-0.05, 0) is 43.7 Å². The fourth-order valence-electron chi connectivity index (χ4n) is 3.35. The molecule has 1 aliphatic rings. The van der Waals surface area contributed by atoms with Crippen molar-refractivity contribution in [3.05, 3.63) is 53.6 Å². The summed E-state index contributed by atoms with van der Waals surface area (Å²) in [5.74, 6) is -0.0704. The first-order chi connectivity index (χ1) is 13.5. The number of alkyl halides is 2. The van der Waals surface area contributed by atoms with Gasteiger partial charge in [0, 0.05) is 37.4 Å². The van der Waals surface area contributed by atoms with Gasteiger partial charge in [-0.1, -0.05) is 18.2 Å². The Hall–Kier alpha value is -2.83. The second-order valence-electron chi connectivity index (χ2n) is 6.54. The number of hydrogen-bond acceptors (Lipinski definition) is 4. The largest absolute Gasteiger partial charge is 0.490 e. The Morgan fingerprint density at radius 3 is 2.43 bits per heavy atom. The van der Waals surface area contributed by atoms with Gasteiger partial charge in [0.1, 0.15) is 0 Å². The molecule has 2 aromatic carbocycles. The number of carbonyl (C=O) groups is 1. The lowest BCUT2D eigenvalue weighted by Gasteiger charge is -2.37. The van der Waals surface area contributed by atoms with Gasteiger partial charge >= 0.3 is 6.61 Å². The van der Waals surface area contributed by atoms with Gasteiger partial charge in [0.05, 0.1) is 6.61 Å². The molecule has 0 N–H and O–H groups in total. The van der Waals surface area contributed by atoms with Crippen LogP contribution in [0.5, 0.6) is 11.5 Å². The zero-order chi connectivity index (χ0) is 20.1. The van der Waals surface area contributed by atoms with Gasteiger partial charge < -0.3 is 19.3 Å². The second kappa shape index (κ2) is 8.91. The molecule has 0 unspecified atom stereocenters. The number of anilines is 1. The number of halogens is 2. The van der Waals surface area contributed by atoms with Crippen LogP contribution in [0.3, 0.4) is 0 Å². The summed E-state index contributed by atoms with van der Waals surface area (Å²) in [5, 5.41) is 0. The van der Waals surface area contributed by atoms with Crippen LogP contribution in [0.15, 0.2) is 42.5 Å². The summed E-state index contributed by atoms with van der Waals surface area (Å²) >= 11 is 0. The normalized spacial score (nSPS) is 14.3. The Bertz CT molecular complexity index is 821. The molecule has 0 bridgehead atoms. The molecule has 28 heavy (non-hydrogen) atoms. The van der Waals surface area contributed by atoms with Crippen molar-refractivity contribution in [2.24, 2.45) is 0 Å². The first kappa shape index (κ1) is 19.9. The molecule has 1 aliphatic heterocycles. The maximum Gasteiger partial charge on any atom is 0.387 e. The Kier molecular flexibility index (Phi) is 6.34. The molecule has 7 heteroatoms. The van der Waals surface area contributed by atoms with E-state index in [0.29, 0.717) is 18.7 Å². The third-order valence-corrected chi connectivity index (χ3v) is 4.73. The van der Waals surface area contributed by atoms with Crippen molar-refractivity contribution >= 4 is 11.6 Å². The smallest absolute Gasteiger partial charge is 0.387 e. The van der Waals surface area contributed by atoms with Crippen LogP contribution >= 0.6 is 0 Å². The highest BCUT2D eigenvalue weighted by Crippen LogP contribution is 2.30. The van der Waals surface area contributed by atoms with Gasteiger partial charge in [-0.15, -0.1) is 0 Å². The summed E-state index contributed by atoms with van der Waals surface area (Å²) in [6.07, 6.45) is 0. The van der Waals surface area contributed by atoms with Crippen molar-refractivity contribution in [1.29, 1.82) is 0 Å². The quantitative estimate of drug-likeness (QED) is 0.749. The molecule has 1 fully saturated rings. The SMILES string of the molecule is CCOc1cc(C(=O)N2CCN(c3ccccc3C)CC2)ccc1OC(F)F. The molecular formula is C21H24F2N2O3. The summed E-state index contributed by atoms with van der Waals surface area (Å²) in [6, 6.07) is 12.5. The number of ether oxygens (including phenoxy) is 2. The molecule has 2 aromatic rings. The number of carbonyl (C=O) groups excluding carboxylic acids is 1. The minimum absolute atomic E-state index is 0.0715. The average molecular weight is 390 g/mol. The molecule has 0 spiro atoms. The monoisotopic (exact) mass is 390 g/mol. The first-order valence-electron chi connectivity index (χ1n) is 9.31. The molecule has 1 saturated heterocycles. The molecule has 0 saturated carbocycles. The Morgan fingerprint density at radius 1 is 1.07 bits per heavy atom. The van der Waals surface area contributed by atoms with Gasteiger partial charge in [0.25, 0.3) is 5.91 Å². The summed E-state index contributed by atoms with van der Waals surface area (Å²) in [5.41, 5.74) is 2.79. The van der Waals surface area contributed by atoms with Crippen molar-refractivity contribution < 1.29 is 23.0 Å². The Morgan fingerprint density at radius 2 is 1.79 bits per heavy atom. The number of rotatable bonds is 6. The number of amides is 1. The number of hydrogen-bond donors (Lipinski definition) is 0. The van der Waals surface area contributed by atoms with Crippen LogP contribution in [0, 0.1) is 6.92 Å². The second-order valence-corrected chi connectivity index (χ2v) is 6.54. The van der Waals surface area contributed by atoms with Crippen molar-refractivity contribution in [3.8, 4) is 11.5 Å². The summed E-state index contributed by atoms with van der Waals surface area (Å²) in [6.45, 7) is 3.81. The lowest BCUT2D eigenvalue weighted by atomic mass is 10.1. The minimum Gasteiger partial charge on any atom is -0.490 e. The molecule has 0 aromatic heterocycles. The van der Waals surface area contributed by atoms with E-state index in [1.807, 2.05) is 12.1 Å². The van der Waals surface area contributed by atoms with E-state index in [2.05, 4.69) is 28.7 Å². The van der Waals surface area contributed by atoms with E-state index in [9.17, 15) is 13.6 Å². The third kappa shape index (κ3) is 4.52. The standard InChI is InChI=1S/C21H24F2N2O3/c1-3-27-19-14-16(8-9-18(19)28-21(22)23)20(26)25-12-10-24(11-13-25)17-7-5-4-6-15(17)2/h4-9,14,21H,3,10-13H2,1-2H3. The van der Waals surface area contributed by atoms with Crippen molar-refractivity contribution in [1.82, 2.24) is 4.90 Å². The number of aryl methyl sites for hydroxylation is 1.